The Morgan fingerprint density at radius 1 is 0.897 bits per heavy atom. The SMILES string of the molecule is O=C(Nc1cccc(N2C(=O)C3C4CC(C(Br)C4Br)C3C2=O)c1)c1ccccc1. The largest absolute Gasteiger partial charge is 0.322 e. The zero-order valence-corrected chi connectivity index (χ0v) is 18.5. The Hall–Kier alpha value is -1.99. The van der Waals surface area contributed by atoms with Gasteiger partial charge in [-0.25, -0.2) is 4.90 Å². The minimum atomic E-state index is -0.256. The van der Waals surface area contributed by atoms with E-state index in [4.69, 9.17) is 0 Å². The first-order chi connectivity index (χ1) is 14.0. The Balaban J connectivity index is 1.41. The third-order valence-corrected chi connectivity index (χ3v) is 9.59. The van der Waals surface area contributed by atoms with Crippen LogP contribution in [0.2, 0.25) is 0 Å². The van der Waals surface area contributed by atoms with E-state index in [0.29, 0.717) is 16.9 Å². The van der Waals surface area contributed by atoms with Gasteiger partial charge in [0.15, 0.2) is 0 Å². The fourth-order valence-electron chi connectivity index (χ4n) is 5.12. The molecule has 1 saturated heterocycles. The lowest BCUT2D eigenvalue weighted by Gasteiger charge is -2.28. The maximum atomic E-state index is 13.2. The van der Waals surface area contributed by atoms with Crippen molar-refractivity contribution in [1.82, 2.24) is 0 Å². The Labute approximate surface area is 185 Å². The fraction of sp³-hybridized carbons (Fsp3) is 0.318. The highest BCUT2D eigenvalue weighted by atomic mass is 79.9. The summed E-state index contributed by atoms with van der Waals surface area (Å²) in [6.45, 7) is 0. The quantitative estimate of drug-likeness (QED) is 0.489. The van der Waals surface area contributed by atoms with Gasteiger partial charge in [0, 0.05) is 20.9 Å². The second-order valence-electron chi connectivity index (χ2n) is 7.89. The molecular formula is C22H18Br2N2O3. The minimum Gasteiger partial charge on any atom is -0.322 e. The average molecular weight is 518 g/mol. The number of rotatable bonds is 3. The molecule has 6 atom stereocenters. The zero-order chi connectivity index (χ0) is 20.3. The number of nitrogens with one attached hydrogen (secondary N) is 1. The molecule has 3 aliphatic rings. The molecule has 7 heteroatoms. The molecule has 1 aliphatic heterocycles. The third-order valence-electron chi connectivity index (χ3n) is 6.39. The number of nitrogens with zero attached hydrogens (tertiary/aromatic N) is 1. The van der Waals surface area contributed by atoms with Crippen molar-refractivity contribution in [2.24, 2.45) is 23.7 Å². The first kappa shape index (κ1) is 19.0. The molecule has 0 spiro atoms. The Bertz CT molecular complexity index is 980. The minimum absolute atomic E-state index is 0.122. The predicted octanol–water partition coefficient (Wildman–Crippen LogP) is 4.22. The summed E-state index contributed by atoms with van der Waals surface area (Å²) in [6.07, 6.45) is 0.902. The lowest BCUT2D eigenvalue weighted by atomic mass is 9.81. The van der Waals surface area contributed by atoms with E-state index in [1.165, 1.54) is 4.90 Å². The summed E-state index contributed by atoms with van der Waals surface area (Å²) >= 11 is 7.41. The standard InChI is InChI=1S/C22H18Br2N2O3/c23-18-14-10-15(19(18)24)17-16(14)21(28)26(22(17)29)13-8-4-7-12(9-13)25-20(27)11-5-2-1-3-6-11/h1-9,14-19H,10H2,(H,25,27). The van der Waals surface area contributed by atoms with E-state index < -0.39 is 0 Å². The summed E-state index contributed by atoms with van der Waals surface area (Å²) in [7, 11) is 0. The molecule has 1 heterocycles. The van der Waals surface area contributed by atoms with Gasteiger partial charge in [-0.2, -0.15) is 0 Å². The molecule has 2 aliphatic carbocycles. The van der Waals surface area contributed by atoms with Gasteiger partial charge in [0.05, 0.1) is 17.5 Å². The van der Waals surface area contributed by atoms with Gasteiger partial charge in [0.2, 0.25) is 11.8 Å². The fourth-order valence-corrected chi connectivity index (χ4v) is 6.99. The Kier molecular flexibility index (Phi) is 4.62. The van der Waals surface area contributed by atoms with E-state index in [9.17, 15) is 14.4 Å². The Morgan fingerprint density at radius 3 is 2.14 bits per heavy atom. The van der Waals surface area contributed by atoms with E-state index in [1.54, 1.807) is 48.5 Å². The van der Waals surface area contributed by atoms with Crippen molar-refractivity contribution >= 4 is 61.0 Å². The summed E-state index contributed by atoms with van der Waals surface area (Å²) in [5.74, 6) is -0.637. The van der Waals surface area contributed by atoms with E-state index in [1.807, 2.05) is 6.07 Å². The van der Waals surface area contributed by atoms with Crippen molar-refractivity contribution < 1.29 is 14.4 Å². The van der Waals surface area contributed by atoms with Crippen LogP contribution in [0.25, 0.3) is 0 Å². The van der Waals surface area contributed by atoms with Gasteiger partial charge in [0.1, 0.15) is 0 Å². The molecular weight excluding hydrogens is 500 g/mol. The molecule has 5 rings (SSSR count). The second-order valence-corrected chi connectivity index (χ2v) is 10.0. The molecule has 148 valence electrons. The predicted molar refractivity (Wildman–Crippen MR) is 117 cm³/mol. The molecule has 0 radical (unpaired) electrons. The van der Waals surface area contributed by atoms with Crippen LogP contribution in [0.15, 0.2) is 54.6 Å². The highest BCUT2D eigenvalue weighted by Crippen LogP contribution is 2.60. The van der Waals surface area contributed by atoms with Gasteiger partial charge in [-0.1, -0.05) is 56.1 Å². The van der Waals surface area contributed by atoms with Gasteiger partial charge in [-0.05, 0) is 48.6 Å². The van der Waals surface area contributed by atoms with Gasteiger partial charge in [-0.15, -0.1) is 0 Å². The summed E-state index contributed by atoms with van der Waals surface area (Å²) in [5, 5.41) is 2.84. The van der Waals surface area contributed by atoms with Crippen LogP contribution >= 0.6 is 31.9 Å². The number of hydrogen-bond acceptors (Lipinski definition) is 3. The van der Waals surface area contributed by atoms with E-state index in [-0.39, 0.29) is 51.0 Å². The van der Waals surface area contributed by atoms with Crippen LogP contribution in [0.5, 0.6) is 0 Å². The number of carbonyl (C=O) groups is 3. The number of carbonyl (C=O) groups excluding carboxylic acids is 3. The van der Waals surface area contributed by atoms with Gasteiger partial charge < -0.3 is 5.32 Å². The normalized spacial score (nSPS) is 32.6. The monoisotopic (exact) mass is 516 g/mol. The van der Waals surface area contributed by atoms with Crippen molar-refractivity contribution in [2.45, 2.75) is 16.1 Å². The molecule has 5 nitrogen and oxygen atoms in total. The van der Waals surface area contributed by atoms with E-state index >= 15 is 0 Å². The summed E-state index contributed by atoms with van der Waals surface area (Å²) in [6, 6.07) is 15.9. The van der Waals surface area contributed by atoms with Gasteiger partial charge in [-0.3, -0.25) is 14.4 Å². The van der Waals surface area contributed by atoms with Crippen molar-refractivity contribution in [1.29, 1.82) is 0 Å². The maximum Gasteiger partial charge on any atom is 0.255 e. The van der Waals surface area contributed by atoms with Crippen LogP contribution in [0, 0.1) is 23.7 Å². The van der Waals surface area contributed by atoms with E-state index in [2.05, 4.69) is 37.2 Å². The van der Waals surface area contributed by atoms with Crippen LogP contribution in [-0.4, -0.2) is 27.4 Å². The molecule has 2 bridgehead atoms. The average Bonchev–Trinajstić information content (AvgIpc) is 3.33. The number of amides is 3. The molecule has 3 fully saturated rings. The number of alkyl halides is 2. The second kappa shape index (κ2) is 7.06. The number of anilines is 2. The highest BCUT2D eigenvalue weighted by molar-refractivity contribution is 9.12. The van der Waals surface area contributed by atoms with Crippen LogP contribution in [0.3, 0.4) is 0 Å². The maximum absolute atomic E-state index is 13.2. The first-order valence-electron chi connectivity index (χ1n) is 9.60. The van der Waals surface area contributed by atoms with Crippen molar-refractivity contribution in [2.75, 3.05) is 10.2 Å². The molecule has 2 aromatic rings. The molecule has 6 unspecified atom stereocenters. The Morgan fingerprint density at radius 2 is 1.52 bits per heavy atom. The third kappa shape index (κ3) is 2.89. The van der Waals surface area contributed by atoms with Crippen molar-refractivity contribution in [3.63, 3.8) is 0 Å². The molecule has 29 heavy (non-hydrogen) atoms. The molecule has 0 aromatic heterocycles. The van der Waals surface area contributed by atoms with Crippen molar-refractivity contribution in [3.8, 4) is 0 Å². The van der Waals surface area contributed by atoms with Crippen LogP contribution in [-0.2, 0) is 9.59 Å². The summed E-state index contributed by atoms with van der Waals surface area (Å²) < 4.78 is 0. The summed E-state index contributed by atoms with van der Waals surface area (Å²) in [4.78, 5) is 40.5. The number of fused-ring (bicyclic) bond motifs is 5. The van der Waals surface area contributed by atoms with Crippen molar-refractivity contribution in [3.05, 3.63) is 60.2 Å². The smallest absolute Gasteiger partial charge is 0.255 e. The molecule has 2 saturated carbocycles. The number of halogens is 2. The van der Waals surface area contributed by atoms with Crippen LogP contribution in [0.1, 0.15) is 16.8 Å². The van der Waals surface area contributed by atoms with Gasteiger partial charge in [0.25, 0.3) is 5.91 Å². The molecule has 3 amide bonds. The number of imide groups is 1. The van der Waals surface area contributed by atoms with Crippen LogP contribution < -0.4 is 10.2 Å². The lowest BCUT2D eigenvalue weighted by Crippen LogP contribution is -2.37. The topological polar surface area (TPSA) is 66.5 Å². The number of benzene rings is 2. The first-order valence-corrected chi connectivity index (χ1v) is 11.4. The van der Waals surface area contributed by atoms with Gasteiger partial charge >= 0.3 is 0 Å². The van der Waals surface area contributed by atoms with Crippen LogP contribution in [0.4, 0.5) is 11.4 Å². The molecule has 2 aromatic carbocycles. The zero-order valence-electron chi connectivity index (χ0n) is 15.3. The van der Waals surface area contributed by atoms with E-state index in [0.717, 1.165) is 6.42 Å². The molecule has 1 N–H and O–H groups in total. The summed E-state index contributed by atoms with van der Waals surface area (Å²) in [5.41, 5.74) is 1.61. The lowest BCUT2D eigenvalue weighted by molar-refractivity contribution is -0.123. The highest BCUT2D eigenvalue weighted by Gasteiger charge is 2.66. The number of hydrogen-bond donors (Lipinski definition) is 1.